The Balaban J connectivity index is 2.53. The monoisotopic (exact) mass is 180 g/mol. The number of hydrogen-bond donors (Lipinski definition) is 1. The summed E-state index contributed by atoms with van der Waals surface area (Å²) in [6, 6.07) is 3.50. The second-order valence-electron chi connectivity index (χ2n) is 2.67. The third-order valence-corrected chi connectivity index (χ3v) is 1.84. The van der Waals surface area contributed by atoms with Gasteiger partial charge in [0.05, 0.1) is 5.69 Å². The van der Waals surface area contributed by atoms with Gasteiger partial charge >= 0.3 is 0 Å². The first kappa shape index (κ1) is 9.51. The van der Waals surface area contributed by atoms with Crippen molar-refractivity contribution in [1.29, 1.82) is 0 Å². The van der Waals surface area contributed by atoms with Gasteiger partial charge in [-0.25, -0.2) is 0 Å². The summed E-state index contributed by atoms with van der Waals surface area (Å²) in [5, 5.41) is 2.52. The molecule has 0 saturated heterocycles. The van der Waals surface area contributed by atoms with Crippen LogP contribution < -0.4 is 5.32 Å². The van der Waals surface area contributed by atoms with Crippen molar-refractivity contribution in [3.8, 4) is 0 Å². The van der Waals surface area contributed by atoms with Crippen LogP contribution in [0, 0.1) is 0 Å². The average molecular weight is 180 g/mol. The zero-order valence-electron chi connectivity index (χ0n) is 7.49. The lowest BCUT2D eigenvalue weighted by Gasteiger charge is -2.03. The summed E-state index contributed by atoms with van der Waals surface area (Å²) in [4.78, 5) is 21.4. The van der Waals surface area contributed by atoms with Crippen molar-refractivity contribution in [1.82, 2.24) is 9.88 Å². The molecule has 1 N–H and O–H groups in total. The van der Waals surface area contributed by atoms with Crippen LogP contribution in [0.15, 0.2) is 18.3 Å². The molecule has 13 heavy (non-hydrogen) atoms. The van der Waals surface area contributed by atoms with Crippen molar-refractivity contribution < 1.29 is 9.59 Å². The fourth-order valence-corrected chi connectivity index (χ4v) is 1.08. The Morgan fingerprint density at radius 2 is 2.46 bits per heavy atom. The molecule has 0 bridgehead atoms. The van der Waals surface area contributed by atoms with Crippen LogP contribution in [0.25, 0.3) is 0 Å². The summed E-state index contributed by atoms with van der Waals surface area (Å²) in [5.41, 5.74) is 0.601. The van der Waals surface area contributed by atoms with Crippen molar-refractivity contribution in [2.45, 2.75) is 13.0 Å². The topological polar surface area (TPSA) is 51.1 Å². The SMILES string of the molecule is CNC(=O)CCn1cccc1C=O. The van der Waals surface area contributed by atoms with Crippen LogP contribution in [0.2, 0.25) is 0 Å². The second-order valence-corrected chi connectivity index (χ2v) is 2.67. The normalized spacial score (nSPS) is 9.62. The van der Waals surface area contributed by atoms with E-state index in [2.05, 4.69) is 5.32 Å². The lowest BCUT2D eigenvalue weighted by Crippen LogP contribution is -2.19. The predicted octanol–water partition coefficient (Wildman–Crippen LogP) is 0.437. The van der Waals surface area contributed by atoms with E-state index in [1.807, 2.05) is 0 Å². The first-order valence-corrected chi connectivity index (χ1v) is 4.09. The van der Waals surface area contributed by atoms with Crippen LogP contribution in [0.3, 0.4) is 0 Å². The van der Waals surface area contributed by atoms with Crippen molar-refractivity contribution >= 4 is 12.2 Å². The molecule has 0 aliphatic carbocycles. The molecular formula is C9H12N2O2. The van der Waals surface area contributed by atoms with Gasteiger partial charge in [0, 0.05) is 26.2 Å². The molecule has 70 valence electrons. The third-order valence-electron chi connectivity index (χ3n) is 1.84. The third kappa shape index (κ3) is 2.43. The first-order valence-electron chi connectivity index (χ1n) is 4.09. The summed E-state index contributed by atoms with van der Waals surface area (Å²) in [6.45, 7) is 0.542. The Bertz CT molecular complexity index is 304. The molecule has 0 aliphatic heterocycles. The molecule has 1 rings (SSSR count). The van der Waals surface area contributed by atoms with E-state index < -0.39 is 0 Å². The van der Waals surface area contributed by atoms with Gasteiger partial charge in [-0.2, -0.15) is 0 Å². The predicted molar refractivity (Wildman–Crippen MR) is 48.5 cm³/mol. The molecular weight excluding hydrogens is 168 g/mol. The quantitative estimate of drug-likeness (QED) is 0.683. The van der Waals surface area contributed by atoms with Crippen molar-refractivity contribution in [2.75, 3.05) is 7.05 Å². The van der Waals surface area contributed by atoms with Crippen LogP contribution in [0.1, 0.15) is 16.9 Å². The highest BCUT2D eigenvalue weighted by molar-refractivity contribution is 5.76. The van der Waals surface area contributed by atoms with Gasteiger partial charge in [-0.05, 0) is 12.1 Å². The van der Waals surface area contributed by atoms with Crippen LogP contribution in [-0.4, -0.2) is 23.8 Å². The maximum absolute atomic E-state index is 10.9. The Morgan fingerprint density at radius 1 is 1.69 bits per heavy atom. The van der Waals surface area contributed by atoms with Gasteiger partial charge in [-0.15, -0.1) is 0 Å². The van der Waals surface area contributed by atoms with E-state index >= 15 is 0 Å². The Labute approximate surface area is 76.5 Å². The van der Waals surface area contributed by atoms with E-state index in [1.165, 1.54) is 0 Å². The molecule has 0 spiro atoms. The van der Waals surface area contributed by atoms with Crippen LogP contribution in [0.4, 0.5) is 0 Å². The molecule has 1 amide bonds. The van der Waals surface area contributed by atoms with E-state index in [0.29, 0.717) is 18.7 Å². The van der Waals surface area contributed by atoms with Crippen LogP contribution in [0.5, 0.6) is 0 Å². The summed E-state index contributed by atoms with van der Waals surface area (Å²) >= 11 is 0. The summed E-state index contributed by atoms with van der Waals surface area (Å²) in [7, 11) is 1.60. The highest BCUT2D eigenvalue weighted by atomic mass is 16.1. The maximum Gasteiger partial charge on any atom is 0.221 e. The number of aldehydes is 1. The number of carbonyl (C=O) groups is 2. The summed E-state index contributed by atoms with van der Waals surface area (Å²) < 4.78 is 1.75. The number of aromatic nitrogens is 1. The molecule has 0 aliphatic rings. The van der Waals surface area contributed by atoms with E-state index in [1.54, 1.807) is 29.9 Å². The number of aryl methyl sites for hydroxylation is 1. The molecule has 4 heteroatoms. The molecule has 1 heterocycles. The molecule has 0 aromatic carbocycles. The Kier molecular flexibility index (Phi) is 3.25. The largest absolute Gasteiger partial charge is 0.359 e. The highest BCUT2D eigenvalue weighted by Crippen LogP contribution is 2.00. The standard InChI is InChI=1S/C9H12N2O2/c1-10-9(13)4-6-11-5-2-3-8(11)7-12/h2-3,5,7H,4,6H2,1H3,(H,10,13). The number of amides is 1. The van der Waals surface area contributed by atoms with Gasteiger partial charge in [0.1, 0.15) is 0 Å². The zero-order chi connectivity index (χ0) is 9.68. The number of rotatable bonds is 4. The number of carbonyl (C=O) groups excluding carboxylic acids is 2. The second kappa shape index (κ2) is 4.45. The van der Waals surface area contributed by atoms with Gasteiger partial charge in [-0.3, -0.25) is 9.59 Å². The highest BCUT2D eigenvalue weighted by Gasteiger charge is 2.01. The molecule has 1 aromatic heterocycles. The number of hydrogen-bond acceptors (Lipinski definition) is 2. The van der Waals surface area contributed by atoms with E-state index in [-0.39, 0.29) is 5.91 Å². The van der Waals surface area contributed by atoms with Gasteiger partial charge < -0.3 is 9.88 Å². The molecule has 0 saturated carbocycles. The first-order chi connectivity index (χ1) is 6.27. The smallest absolute Gasteiger partial charge is 0.221 e. The van der Waals surface area contributed by atoms with Crippen molar-refractivity contribution in [3.63, 3.8) is 0 Å². The summed E-state index contributed by atoms with van der Waals surface area (Å²) in [6.07, 6.45) is 2.96. The maximum atomic E-state index is 10.9. The molecule has 0 radical (unpaired) electrons. The number of nitrogens with zero attached hydrogens (tertiary/aromatic N) is 1. The van der Waals surface area contributed by atoms with Gasteiger partial charge in [-0.1, -0.05) is 0 Å². The molecule has 1 aromatic rings. The fraction of sp³-hybridized carbons (Fsp3) is 0.333. The lowest BCUT2D eigenvalue weighted by atomic mass is 10.4. The van der Waals surface area contributed by atoms with Crippen LogP contribution in [-0.2, 0) is 11.3 Å². The van der Waals surface area contributed by atoms with Gasteiger partial charge in [0.15, 0.2) is 6.29 Å². The zero-order valence-corrected chi connectivity index (χ0v) is 7.49. The number of nitrogens with one attached hydrogen (secondary N) is 1. The fourth-order valence-electron chi connectivity index (χ4n) is 1.08. The molecule has 0 fully saturated rings. The van der Waals surface area contributed by atoms with Crippen molar-refractivity contribution in [3.05, 3.63) is 24.0 Å². The minimum atomic E-state index is -0.0226. The van der Waals surface area contributed by atoms with Crippen LogP contribution >= 0.6 is 0 Å². The van der Waals surface area contributed by atoms with Crippen molar-refractivity contribution in [2.24, 2.45) is 0 Å². The van der Waals surface area contributed by atoms with Gasteiger partial charge in [0.25, 0.3) is 0 Å². The van der Waals surface area contributed by atoms with E-state index in [0.717, 1.165) is 6.29 Å². The Morgan fingerprint density at radius 3 is 3.08 bits per heavy atom. The molecule has 4 nitrogen and oxygen atoms in total. The van der Waals surface area contributed by atoms with E-state index in [4.69, 9.17) is 0 Å². The van der Waals surface area contributed by atoms with E-state index in [9.17, 15) is 9.59 Å². The average Bonchev–Trinajstić information content (AvgIpc) is 2.61. The minimum Gasteiger partial charge on any atom is -0.359 e. The molecule has 0 unspecified atom stereocenters. The minimum absolute atomic E-state index is 0.0226. The Hall–Kier alpha value is -1.58. The lowest BCUT2D eigenvalue weighted by molar-refractivity contribution is -0.120. The summed E-state index contributed by atoms with van der Waals surface area (Å²) in [5.74, 6) is -0.0226. The van der Waals surface area contributed by atoms with Gasteiger partial charge in [0.2, 0.25) is 5.91 Å². The molecule has 0 atom stereocenters.